The number of hydrogen-bond donors (Lipinski definition) is 0. The number of carbonyl (C=O) groups excluding carboxylic acids is 2. The number of hydrogen-bond acceptors (Lipinski definition) is 3. The predicted octanol–water partition coefficient (Wildman–Crippen LogP) is 2.10. The number of carbonyl (C=O) groups is 2. The smallest absolute Gasteiger partial charge is 0.309 e. The van der Waals surface area contributed by atoms with E-state index in [1.807, 2.05) is 13.0 Å². The Balaban J connectivity index is 1.94. The summed E-state index contributed by atoms with van der Waals surface area (Å²) in [5, 5.41) is 0. The highest BCUT2D eigenvalue weighted by Gasteiger charge is 2.48. The molecule has 0 aromatic carbocycles. The normalized spacial score (nSPS) is 24.0. The number of imide groups is 1. The van der Waals surface area contributed by atoms with Gasteiger partial charge in [0.05, 0.1) is 0 Å². The van der Waals surface area contributed by atoms with Crippen LogP contribution in [0.4, 0.5) is 10.6 Å². The van der Waals surface area contributed by atoms with Crippen LogP contribution in [0.2, 0.25) is 0 Å². The molecule has 1 aliphatic heterocycles. The van der Waals surface area contributed by atoms with E-state index < -0.39 is 0 Å². The van der Waals surface area contributed by atoms with Gasteiger partial charge in [-0.1, -0.05) is 0 Å². The number of urea groups is 1. The van der Waals surface area contributed by atoms with Crippen molar-refractivity contribution >= 4 is 17.8 Å². The van der Waals surface area contributed by atoms with Crippen LogP contribution in [0.15, 0.2) is 18.3 Å². The van der Waals surface area contributed by atoms with Gasteiger partial charge >= 0.3 is 6.03 Å². The molecule has 0 bridgehead atoms. The van der Waals surface area contributed by atoms with Gasteiger partial charge in [-0.05, 0) is 50.8 Å². The van der Waals surface area contributed by atoms with Gasteiger partial charge in [-0.25, -0.2) is 14.7 Å². The van der Waals surface area contributed by atoms with Crippen molar-refractivity contribution in [1.29, 1.82) is 0 Å². The Labute approximate surface area is 112 Å². The third-order valence-corrected chi connectivity index (χ3v) is 4.01. The lowest BCUT2D eigenvalue weighted by Gasteiger charge is -2.35. The average molecular weight is 259 g/mol. The fourth-order valence-corrected chi connectivity index (χ4v) is 2.67. The van der Waals surface area contributed by atoms with Gasteiger partial charge in [-0.15, -0.1) is 0 Å². The molecular weight excluding hydrogens is 242 g/mol. The Hall–Kier alpha value is -1.91. The second-order valence-corrected chi connectivity index (χ2v) is 5.32. The van der Waals surface area contributed by atoms with Crippen molar-refractivity contribution in [2.75, 3.05) is 4.90 Å². The highest BCUT2D eigenvalue weighted by molar-refractivity contribution is 6.20. The first-order valence-electron chi connectivity index (χ1n) is 6.68. The first kappa shape index (κ1) is 12.1. The summed E-state index contributed by atoms with van der Waals surface area (Å²) >= 11 is 0. The summed E-state index contributed by atoms with van der Waals surface area (Å²) in [6.07, 6.45) is 4.76. The molecule has 1 saturated heterocycles. The third kappa shape index (κ3) is 1.80. The molecule has 2 fully saturated rings. The zero-order valence-electron chi connectivity index (χ0n) is 11.2. The summed E-state index contributed by atoms with van der Waals surface area (Å²) in [5.74, 6) is 0.263. The van der Waals surface area contributed by atoms with Crippen LogP contribution in [0.5, 0.6) is 0 Å². The van der Waals surface area contributed by atoms with Gasteiger partial charge in [-0.2, -0.15) is 0 Å². The fourth-order valence-electron chi connectivity index (χ4n) is 2.67. The van der Waals surface area contributed by atoms with Crippen LogP contribution in [0.3, 0.4) is 0 Å². The molecule has 1 aromatic rings. The molecule has 0 unspecified atom stereocenters. The SMILES string of the molecule is Cc1ccnc(N2C(=O)[C@H](C)N(C3CCC3)C2=O)c1. The summed E-state index contributed by atoms with van der Waals surface area (Å²) < 4.78 is 0. The first-order valence-corrected chi connectivity index (χ1v) is 6.68. The maximum Gasteiger partial charge on any atom is 0.333 e. The quantitative estimate of drug-likeness (QED) is 0.764. The molecule has 1 aliphatic carbocycles. The van der Waals surface area contributed by atoms with Crippen molar-refractivity contribution in [3.63, 3.8) is 0 Å². The number of aromatic nitrogens is 1. The van der Waals surface area contributed by atoms with E-state index in [4.69, 9.17) is 0 Å². The van der Waals surface area contributed by atoms with E-state index in [0.717, 1.165) is 24.8 Å². The van der Waals surface area contributed by atoms with Crippen LogP contribution in [0, 0.1) is 6.92 Å². The van der Waals surface area contributed by atoms with Gasteiger partial charge in [-0.3, -0.25) is 4.79 Å². The molecule has 1 atom stereocenters. The third-order valence-electron chi connectivity index (χ3n) is 4.01. The van der Waals surface area contributed by atoms with Crippen molar-refractivity contribution in [3.05, 3.63) is 23.9 Å². The number of pyridine rings is 1. The van der Waals surface area contributed by atoms with Crippen LogP contribution < -0.4 is 4.90 Å². The van der Waals surface area contributed by atoms with E-state index in [9.17, 15) is 9.59 Å². The van der Waals surface area contributed by atoms with E-state index >= 15 is 0 Å². The molecular formula is C14H17N3O2. The molecule has 5 nitrogen and oxygen atoms in total. The maximum absolute atomic E-state index is 12.5. The highest BCUT2D eigenvalue weighted by Crippen LogP contribution is 2.33. The minimum atomic E-state index is -0.375. The Morgan fingerprint density at radius 3 is 2.63 bits per heavy atom. The van der Waals surface area contributed by atoms with Crippen LogP contribution in [0.1, 0.15) is 31.7 Å². The standard InChI is InChI=1S/C14H17N3O2/c1-9-6-7-15-12(8-9)17-13(18)10(2)16(14(17)19)11-4-3-5-11/h6-8,10-11H,3-5H2,1-2H3/t10-/m0/s1. The van der Waals surface area contributed by atoms with Gasteiger partial charge in [0.25, 0.3) is 5.91 Å². The van der Waals surface area contributed by atoms with Gasteiger partial charge in [0.2, 0.25) is 0 Å². The molecule has 1 aromatic heterocycles. The molecule has 1 saturated carbocycles. The Bertz CT molecular complexity index is 539. The van der Waals surface area contributed by atoms with E-state index in [1.165, 1.54) is 4.90 Å². The minimum Gasteiger partial charge on any atom is -0.309 e. The van der Waals surface area contributed by atoms with Crippen molar-refractivity contribution in [2.45, 2.75) is 45.2 Å². The first-order chi connectivity index (χ1) is 9.09. The van der Waals surface area contributed by atoms with E-state index in [1.54, 1.807) is 24.1 Å². The lowest BCUT2D eigenvalue weighted by Crippen LogP contribution is -2.46. The van der Waals surface area contributed by atoms with Crippen LogP contribution in [-0.2, 0) is 4.79 Å². The number of nitrogens with zero attached hydrogens (tertiary/aromatic N) is 3. The summed E-state index contributed by atoms with van der Waals surface area (Å²) in [7, 11) is 0. The Morgan fingerprint density at radius 2 is 2.05 bits per heavy atom. The molecule has 100 valence electrons. The zero-order valence-corrected chi connectivity index (χ0v) is 11.2. The van der Waals surface area contributed by atoms with Crippen molar-refractivity contribution in [1.82, 2.24) is 9.88 Å². The molecule has 0 N–H and O–H groups in total. The molecule has 19 heavy (non-hydrogen) atoms. The molecule has 0 spiro atoms. The molecule has 3 rings (SSSR count). The van der Waals surface area contributed by atoms with Crippen LogP contribution in [-0.4, -0.2) is 33.9 Å². The molecule has 2 heterocycles. The Kier molecular flexibility index (Phi) is 2.77. The van der Waals surface area contributed by atoms with E-state index in [-0.39, 0.29) is 24.0 Å². The van der Waals surface area contributed by atoms with Gasteiger partial charge < -0.3 is 4.90 Å². The lowest BCUT2D eigenvalue weighted by molar-refractivity contribution is -0.119. The van der Waals surface area contributed by atoms with Crippen LogP contribution in [0.25, 0.3) is 0 Å². The van der Waals surface area contributed by atoms with Gasteiger partial charge in [0, 0.05) is 12.2 Å². The molecule has 5 heteroatoms. The molecule has 3 amide bonds. The minimum absolute atomic E-state index is 0.171. The summed E-state index contributed by atoms with van der Waals surface area (Å²) in [5.41, 5.74) is 0.986. The van der Waals surface area contributed by atoms with Gasteiger partial charge in [0.15, 0.2) is 0 Å². The van der Waals surface area contributed by atoms with Crippen LogP contribution >= 0.6 is 0 Å². The number of anilines is 1. The maximum atomic E-state index is 12.5. The van der Waals surface area contributed by atoms with Gasteiger partial charge in [0.1, 0.15) is 11.9 Å². The monoisotopic (exact) mass is 259 g/mol. The average Bonchev–Trinajstić information content (AvgIpc) is 2.52. The second kappa shape index (κ2) is 4.33. The predicted molar refractivity (Wildman–Crippen MR) is 70.8 cm³/mol. The molecule has 2 aliphatic rings. The number of aryl methyl sites for hydroxylation is 1. The second-order valence-electron chi connectivity index (χ2n) is 5.32. The molecule has 0 radical (unpaired) electrons. The van der Waals surface area contributed by atoms with E-state index in [0.29, 0.717) is 5.82 Å². The zero-order chi connectivity index (χ0) is 13.6. The number of rotatable bonds is 2. The highest BCUT2D eigenvalue weighted by atomic mass is 16.2. The summed E-state index contributed by atoms with van der Waals surface area (Å²) in [4.78, 5) is 31.9. The summed E-state index contributed by atoms with van der Waals surface area (Å²) in [6, 6.07) is 3.25. The summed E-state index contributed by atoms with van der Waals surface area (Å²) in [6.45, 7) is 3.72. The number of amides is 3. The van der Waals surface area contributed by atoms with Crippen molar-refractivity contribution in [3.8, 4) is 0 Å². The topological polar surface area (TPSA) is 53.5 Å². The van der Waals surface area contributed by atoms with E-state index in [2.05, 4.69) is 4.98 Å². The largest absolute Gasteiger partial charge is 0.333 e. The lowest BCUT2D eigenvalue weighted by atomic mass is 9.91. The fraction of sp³-hybridized carbons (Fsp3) is 0.500. The van der Waals surface area contributed by atoms with Crippen molar-refractivity contribution < 1.29 is 9.59 Å². The van der Waals surface area contributed by atoms with Crippen molar-refractivity contribution in [2.24, 2.45) is 0 Å². The Morgan fingerprint density at radius 1 is 1.32 bits per heavy atom.